The van der Waals surface area contributed by atoms with Crippen molar-refractivity contribution in [2.75, 3.05) is 18.4 Å². The van der Waals surface area contributed by atoms with Crippen LogP contribution in [-0.4, -0.2) is 34.9 Å². The van der Waals surface area contributed by atoms with Gasteiger partial charge in [0.1, 0.15) is 6.07 Å². The summed E-state index contributed by atoms with van der Waals surface area (Å²) in [6, 6.07) is 9.29. The molecule has 2 aromatic rings. The highest BCUT2D eigenvalue weighted by molar-refractivity contribution is 5.97. The number of nitrogens with zero attached hydrogens (tertiary/aromatic N) is 3. The molecule has 3 N–H and O–H groups in total. The second kappa shape index (κ2) is 7.64. The summed E-state index contributed by atoms with van der Waals surface area (Å²) in [5.74, 6) is -0.234. The zero-order valence-electron chi connectivity index (χ0n) is 15.4. The number of aryl methyl sites for hydroxylation is 1. The van der Waals surface area contributed by atoms with Gasteiger partial charge >= 0.3 is 6.03 Å². The van der Waals surface area contributed by atoms with Crippen molar-refractivity contribution < 1.29 is 14.0 Å². The molecule has 3 amide bonds. The van der Waals surface area contributed by atoms with E-state index in [4.69, 9.17) is 11.0 Å². The number of hydrogen-bond donors (Lipinski definition) is 2. The number of benzene rings is 1. The summed E-state index contributed by atoms with van der Waals surface area (Å²) in [7, 11) is 0. The van der Waals surface area contributed by atoms with Crippen LogP contribution in [0, 0.1) is 18.3 Å². The molecule has 1 fully saturated rings. The van der Waals surface area contributed by atoms with Gasteiger partial charge in [-0.1, -0.05) is 6.07 Å². The van der Waals surface area contributed by atoms with Crippen LogP contribution in [0.3, 0.4) is 0 Å². The molecular weight excluding hydrogens is 361 g/mol. The molecule has 144 valence electrons. The number of nitriles is 1. The van der Waals surface area contributed by atoms with E-state index >= 15 is 4.39 Å². The molecule has 0 atom stereocenters. The minimum absolute atomic E-state index is 0.121. The normalized spacial score (nSPS) is 15.5. The zero-order chi connectivity index (χ0) is 20.3. The first kappa shape index (κ1) is 19.3. The minimum atomic E-state index is -1.63. The Morgan fingerprint density at radius 2 is 2.00 bits per heavy atom. The molecule has 0 aliphatic carbocycles. The lowest BCUT2D eigenvalue weighted by Gasteiger charge is -2.36. The number of urea groups is 1. The van der Waals surface area contributed by atoms with Gasteiger partial charge in [0, 0.05) is 43.4 Å². The number of aromatic nitrogens is 1. The van der Waals surface area contributed by atoms with E-state index in [0.29, 0.717) is 16.8 Å². The minimum Gasteiger partial charge on any atom is -0.351 e. The highest BCUT2D eigenvalue weighted by atomic mass is 19.1. The van der Waals surface area contributed by atoms with Crippen molar-refractivity contribution in [2.24, 2.45) is 5.73 Å². The lowest BCUT2D eigenvalue weighted by Crippen LogP contribution is -2.43. The first-order chi connectivity index (χ1) is 13.3. The molecule has 1 aliphatic heterocycles. The molecule has 2 heterocycles. The molecule has 1 aliphatic rings. The van der Waals surface area contributed by atoms with Gasteiger partial charge in [-0.3, -0.25) is 9.78 Å². The highest BCUT2D eigenvalue weighted by Gasteiger charge is 2.39. The van der Waals surface area contributed by atoms with Gasteiger partial charge in [0.25, 0.3) is 5.91 Å². The molecule has 0 unspecified atom stereocenters. The fourth-order valence-corrected chi connectivity index (χ4v) is 3.25. The monoisotopic (exact) mass is 381 g/mol. The SMILES string of the molecule is Cc1ccc(C(=O)N2CCC(F)(c3ccc(C#N)cn3)CC2)cc1NC(N)=O. The van der Waals surface area contributed by atoms with Crippen LogP contribution in [0.25, 0.3) is 0 Å². The molecule has 1 aromatic heterocycles. The molecule has 8 heteroatoms. The van der Waals surface area contributed by atoms with Gasteiger partial charge in [-0.25, -0.2) is 9.18 Å². The quantitative estimate of drug-likeness (QED) is 0.851. The van der Waals surface area contributed by atoms with E-state index in [-0.39, 0.29) is 37.5 Å². The maximum absolute atomic E-state index is 15.3. The molecule has 28 heavy (non-hydrogen) atoms. The fourth-order valence-electron chi connectivity index (χ4n) is 3.25. The molecule has 0 radical (unpaired) electrons. The molecule has 1 saturated heterocycles. The smallest absolute Gasteiger partial charge is 0.316 e. The number of nitrogens with two attached hydrogens (primary N) is 1. The highest BCUT2D eigenvalue weighted by Crippen LogP contribution is 2.36. The molecule has 0 spiro atoms. The number of piperidine rings is 1. The standard InChI is InChI=1S/C20H20FN5O2/c1-13-2-4-15(10-16(13)25-19(23)28)18(27)26-8-6-20(21,7-9-26)17-5-3-14(11-22)12-24-17/h2-5,10,12H,6-9H2,1H3,(H3,23,25,28). The van der Waals surface area contributed by atoms with E-state index in [2.05, 4.69) is 10.3 Å². The number of rotatable bonds is 3. The Labute approximate surface area is 162 Å². The number of nitrogens with one attached hydrogen (secondary N) is 1. The van der Waals surface area contributed by atoms with Crippen molar-refractivity contribution in [3.8, 4) is 6.07 Å². The third-order valence-corrected chi connectivity index (χ3v) is 4.94. The third kappa shape index (κ3) is 3.93. The van der Waals surface area contributed by atoms with Crippen LogP contribution in [0.4, 0.5) is 14.9 Å². The Balaban J connectivity index is 1.71. The van der Waals surface area contributed by atoms with E-state index in [0.717, 1.165) is 5.56 Å². The summed E-state index contributed by atoms with van der Waals surface area (Å²) in [6.45, 7) is 2.27. The summed E-state index contributed by atoms with van der Waals surface area (Å²) in [5, 5.41) is 11.3. The Kier molecular flexibility index (Phi) is 5.27. The molecule has 3 rings (SSSR count). The second-order valence-corrected chi connectivity index (χ2v) is 6.82. The van der Waals surface area contributed by atoms with Crippen LogP contribution < -0.4 is 11.1 Å². The Morgan fingerprint density at radius 1 is 1.29 bits per heavy atom. The Hall–Kier alpha value is -3.47. The van der Waals surface area contributed by atoms with Gasteiger partial charge in [-0.15, -0.1) is 0 Å². The van der Waals surface area contributed by atoms with Gasteiger partial charge in [-0.2, -0.15) is 5.26 Å². The molecule has 1 aromatic carbocycles. The number of primary amides is 1. The summed E-state index contributed by atoms with van der Waals surface area (Å²) in [6.07, 6.45) is 1.60. The molecule has 7 nitrogen and oxygen atoms in total. The first-order valence-electron chi connectivity index (χ1n) is 8.84. The second-order valence-electron chi connectivity index (χ2n) is 6.82. The maximum atomic E-state index is 15.3. The van der Waals surface area contributed by atoms with Crippen molar-refractivity contribution in [3.63, 3.8) is 0 Å². The lowest BCUT2D eigenvalue weighted by molar-refractivity contribution is 0.0402. The van der Waals surface area contributed by atoms with Crippen LogP contribution in [0.15, 0.2) is 36.5 Å². The number of pyridine rings is 1. The number of carbonyl (C=O) groups excluding carboxylic acids is 2. The van der Waals surface area contributed by atoms with Gasteiger partial charge < -0.3 is 16.0 Å². The van der Waals surface area contributed by atoms with Gasteiger partial charge in [0.05, 0.1) is 11.3 Å². The van der Waals surface area contributed by atoms with Crippen molar-refractivity contribution in [1.29, 1.82) is 5.26 Å². The predicted octanol–water partition coefficient (Wildman–Crippen LogP) is 2.85. The number of halogens is 1. The number of anilines is 1. The summed E-state index contributed by atoms with van der Waals surface area (Å²) in [4.78, 5) is 29.5. The zero-order valence-corrected chi connectivity index (χ0v) is 15.4. The largest absolute Gasteiger partial charge is 0.351 e. The number of amides is 3. The topological polar surface area (TPSA) is 112 Å². The van der Waals surface area contributed by atoms with Crippen molar-refractivity contribution in [2.45, 2.75) is 25.4 Å². The van der Waals surface area contributed by atoms with Crippen molar-refractivity contribution >= 4 is 17.6 Å². The lowest BCUT2D eigenvalue weighted by atomic mass is 9.89. The van der Waals surface area contributed by atoms with Crippen LogP contribution >= 0.6 is 0 Å². The third-order valence-electron chi connectivity index (χ3n) is 4.94. The Morgan fingerprint density at radius 3 is 2.57 bits per heavy atom. The first-order valence-corrected chi connectivity index (χ1v) is 8.84. The van der Waals surface area contributed by atoms with Crippen molar-refractivity contribution in [3.05, 3.63) is 58.9 Å². The van der Waals surface area contributed by atoms with Crippen molar-refractivity contribution in [1.82, 2.24) is 9.88 Å². The van der Waals surface area contributed by atoms with Crippen LogP contribution in [-0.2, 0) is 5.67 Å². The number of carbonyl (C=O) groups is 2. The molecule has 0 saturated carbocycles. The average molecular weight is 381 g/mol. The molecular formula is C20H20FN5O2. The fraction of sp³-hybridized carbons (Fsp3) is 0.300. The number of hydrogen-bond acceptors (Lipinski definition) is 4. The summed E-state index contributed by atoms with van der Waals surface area (Å²) in [5.41, 5.74) is 5.83. The van der Waals surface area contributed by atoms with E-state index < -0.39 is 11.7 Å². The van der Waals surface area contributed by atoms with Crippen LogP contribution in [0.1, 0.15) is 40.0 Å². The summed E-state index contributed by atoms with van der Waals surface area (Å²) >= 11 is 0. The van der Waals surface area contributed by atoms with E-state index in [9.17, 15) is 9.59 Å². The Bertz CT molecular complexity index is 944. The van der Waals surface area contributed by atoms with Crippen LogP contribution in [0.2, 0.25) is 0 Å². The van der Waals surface area contributed by atoms with Gasteiger partial charge in [0.2, 0.25) is 0 Å². The number of likely N-dealkylation sites (tertiary alicyclic amines) is 1. The van der Waals surface area contributed by atoms with Crippen LogP contribution in [0.5, 0.6) is 0 Å². The van der Waals surface area contributed by atoms with E-state index in [1.54, 1.807) is 36.1 Å². The number of alkyl halides is 1. The average Bonchev–Trinajstić information content (AvgIpc) is 2.69. The summed E-state index contributed by atoms with van der Waals surface area (Å²) < 4.78 is 15.3. The van der Waals surface area contributed by atoms with Gasteiger partial charge in [-0.05, 0) is 36.8 Å². The van der Waals surface area contributed by atoms with E-state index in [1.165, 1.54) is 12.3 Å². The van der Waals surface area contributed by atoms with Gasteiger partial charge in [0.15, 0.2) is 5.67 Å². The molecule has 0 bridgehead atoms. The van der Waals surface area contributed by atoms with E-state index in [1.807, 2.05) is 6.07 Å². The predicted molar refractivity (Wildman–Crippen MR) is 101 cm³/mol. The maximum Gasteiger partial charge on any atom is 0.316 e.